The normalized spacial score (nSPS) is 13.8. The van der Waals surface area contributed by atoms with Crippen molar-refractivity contribution in [1.82, 2.24) is 38.7 Å². The van der Waals surface area contributed by atoms with Crippen molar-refractivity contribution >= 4 is 68.7 Å². The van der Waals surface area contributed by atoms with Crippen molar-refractivity contribution in [3.8, 4) is 23.2 Å². The summed E-state index contributed by atoms with van der Waals surface area (Å²) < 4.78 is 3.69. The number of thiophene rings is 2. The van der Waals surface area contributed by atoms with Crippen LogP contribution >= 0.6 is 22.7 Å². The first kappa shape index (κ1) is 41.4. The van der Waals surface area contributed by atoms with Crippen molar-refractivity contribution in [2.45, 2.75) is 58.5 Å². The summed E-state index contributed by atoms with van der Waals surface area (Å²) in [5.41, 5.74) is 18.8. The van der Waals surface area contributed by atoms with E-state index in [-0.39, 0.29) is 0 Å². The number of aryl methyl sites for hydroxylation is 3. The fraction of sp³-hybridized carbons (Fsp3) is 0.289. The Morgan fingerprint density at radius 1 is 0.683 bits per heavy atom. The van der Waals surface area contributed by atoms with Gasteiger partial charge in [0, 0.05) is 49.3 Å². The Kier molecular flexibility index (Phi) is 11.7. The molecule has 0 unspecified atom stereocenters. The first-order chi connectivity index (χ1) is 30.6. The molecule has 16 nitrogen and oxygen atoms in total. The smallest absolute Gasteiger partial charge is 0.252 e. The van der Waals surface area contributed by atoms with Crippen LogP contribution < -0.4 is 31.9 Å². The van der Waals surface area contributed by atoms with E-state index in [1.807, 2.05) is 34.2 Å². The van der Waals surface area contributed by atoms with Crippen LogP contribution in [-0.4, -0.2) is 77.7 Å². The third kappa shape index (κ3) is 8.38. The third-order valence-corrected chi connectivity index (χ3v) is 13.1. The Labute approximate surface area is 372 Å². The molecule has 63 heavy (non-hydrogen) atoms. The number of pyridine rings is 2. The lowest BCUT2D eigenvalue weighted by molar-refractivity contribution is 0.0993. The number of hydrogen-bond acceptors (Lipinski definition) is 14. The SMILES string of the molecule is CN1CCCCc2nc(-c3ncc4c(C(N)=O)cccn34)nc(NCc3cccs3)c21.Cc1nc2c(C(N)=O)cccn2c1-c1nc2c(c(NCc3cccs3)n1)N(C)CCCC2. The zero-order valence-corrected chi connectivity index (χ0v) is 37.0. The zero-order valence-electron chi connectivity index (χ0n) is 35.3. The average molecular weight is 881 g/mol. The maximum absolute atomic E-state index is 11.9. The summed E-state index contributed by atoms with van der Waals surface area (Å²) in [5, 5.41) is 11.2. The number of primary amides is 2. The highest BCUT2D eigenvalue weighted by Gasteiger charge is 2.26. The van der Waals surface area contributed by atoms with Crippen molar-refractivity contribution < 1.29 is 9.59 Å². The third-order valence-electron chi connectivity index (χ3n) is 11.3. The van der Waals surface area contributed by atoms with E-state index >= 15 is 0 Å². The average Bonchev–Trinajstić information content (AvgIpc) is 4.09. The number of amides is 2. The van der Waals surface area contributed by atoms with Crippen LogP contribution in [0.3, 0.4) is 0 Å². The van der Waals surface area contributed by atoms with Gasteiger partial charge in [0.15, 0.2) is 29.1 Å². The molecule has 0 bridgehead atoms. The van der Waals surface area contributed by atoms with E-state index in [0.717, 1.165) is 97.4 Å². The molecule has 6 N–H and O–H groups in total. The number of anilines is 4. The quantitative estimate of drug-likeness (QED) is 0.110. The van der Waals surface area contributed by atoms with Gasteiger partial charge in [-0.05, 0) is 92.6 Å². The minimum atomic E-state index is -0.505. The number of carbonyl (C=O) groups excluding carboxylic acids is 2. The summed E-state index contributed by atoms with van der Waals surface area (Å²) in [6, 6.07) is 15.3. The van der Waals surface area contributed by atoms with Crippen molar-refractivity contribution in [2.75, 3.05) is 47.6 Å². The van der Waals surface area contributed by atoms with Gasteiger partial charge in [0.25, 0.3) is 11.8 Å². The Bertz CT molecular complexity index is 2940. The van der Waals surface area contributed by atoms with E-state index in [2.05, 4.69) is 73.5 Å². The number of rotatable bonds is 10. The second-order valence-electron chi connectivity index (χ2n) is 15.7. The van der Waals surface area contributed by atoms with Crippen LogP contribution in [0.15, 0.2) is 77.9 Å². The lowest BCUT2D eigenvalue weighted by atomic mass is 10.2. The number of nitrogens with zero attached hydrogens (tertiary/aromatic N) is 10. The van der Waals surface area contributed by atoms with Crippen LogP contribution in [0.5, 0.6) is 0 Å². The van der Waals surface area contributed by atoms with Crippen molar-refractivity contribution in [3.63, 3.8) is 0 Å². The van der Waals surface area contributed by atoms with Gasteiger partial charge < -0.3 is 31.9 Å². The summed E-state index contributed by atoms with van der Waals surface area (Å²) in [4.78, 5) is 59.6. The minimum Gasteiger partial charge on any atom is -0.370 e. The topological polar surface area (TPSA) is 203 Å². The van der Waals surface area contributed by atoms with E-state index in [9.17, 15) is 9.59 Å². The van der Waals surface area contributed by atoms with Crippen molar-refractivity contribution in [2.24, 2.45) is 11.5 Å². The molecule has 18 heteroatoms. The van der Waals surface area contributed by atoms with Crippen LogP contribution in [0.25, 0.3) is 34.3 Å². The molecule has 0 aliphatic carbocycles. The van der Waals surface area contributed by atoms with Crippen LogP contribution in [-0.2, 0) is 25.9 Å². The molecule has 8 aromatic rings. The standard InChI is InChI=1S/C23H25N7OS.C22H23N7OS/c1-14-18(30-11-5-8-16(20(24)31)23(30)26-14)22-27-17-9-3-4-10-29(2)19(17)21(28-22)25-13-15-7-6-12-32-15;1-28-9-3-2-8-16-18(28)20(24-12-14-6-5-11-31-14)27-21(26-16)22-25-13-17-15(19(23)30)7-4-10-29(17)22/h5-8,11-12H,3-4,9-10,13H2,1-2H3,(H2,24,31)(H,25,27,28);4-7,10-11,13H,2-3,8-9,12H2,1H3,(H2,23,30)(H,24,26,27). The predicted octanol–water partition coefficient (Wildman–Crippen LogP) is 6.98. The molecule has 0 atom stereocenters. The highest BCUT2D eigenvalue weighted by atomic mass is 32.1. The monoisotopic (exact) mass is 880 g/mol. The second-order valence-corrected chi connectivity index (χ2v) is 17.7. The molecule has 10 heterocycles. The number of nitrogens with one attached hydrogen (secondary N) is 2. The lowest BCUT2D eigenvalue weighted by Gasteiger charge is -2.23. The summed E-state index contributed by atoms with van der Waals surface area (Å²) >= 11 is 3.43. The number of hydrogen-bond donors (Lipinski definition) is 4. The second kappa shape index (κ2) is 17.8. The number of carbonyl (C=O) groups is 2. The minimum absolute atomic E-state index is 0.382. The fourth-order valence-electron chi connectivity index (χ4n) is 8.32. The molecular weight excluding hydrogens is 833 g/mol. The molecule has 0 saturated heterocycles. The van der Waals surface area contributed by atoms with Gasteiger partial charge in [0.05, 0.1) is 53.0 Å². The van der Waals surface area contributed by atoms with Gasteiger partial charge in [-0.2, -0.15) is 0 Å². The largest absolute Gasteiger partial charge is 0.370 e. The summed E-state index contributed by atoms with van der Waals surface area (Å²) in [6.45, 7) is 5.25. The molecular formula is C45H48N14O2S2. The molecule has 2 aliphatic rings. The number of imidazole rings is 2. The first-order valence-corrected chi connectivity index (χ1v) is 22.7. The Hall–Kier alpha value is -6.92. The summed E-state index contributed by atoms with van der Waals surface area (Å²) in [5.74, 6) is 2.36. The molecule has 2 aliphatic heterocycles. The molecule has 322 valence electrons. The highest BCUT2D eigenvalue weighted by molar-refractivity contribution is 7.10. The van der Waals surface area contributed by atoms with Gasteiger partial charge in [0.2, 0.25) is 0 Å². The van der Waals surface area contributed by atoms with Crippen molar-refractivity contribution in [1.29, 1.82) is 0 Å². The van der Waals surface area contributed by atoms with Crippen LogP contribution in [0.1, 0.15) is 73.2 Å². The van der Waals surface area contributed by atoms with E-state index in [1.165, 1.54) is 9.75 Å². The Balaban J connectivity index is 0.000000160. The zero-order chi connectivity index (χ0) is 43.6. The van der Waals surface area contributed by atoms with E-state index < -0.39 is 11.8 Å². The van der Waals surface area contributed by atoms with Crippen molar-refractivity contribution in [3.05, 3.63) is 116 Å². The number of nitrogens with two attached hydrogens (primary N) is 2. The van der Waals surface area contributed by atoms with E-state index in [1.54, 1.807) is 53.1 Å². The van der Waals surface area contributed by atoms with E-state index in [4.69, 9.17) is 31.4 Å². The molecule has 2 amide bonds. The number of aromatic nitrogens is 8. The number of fused-ring (bicyclic) bond motifs is 4. The van der Waals surface area contributed by atoms with Gasteiger partial charge in [-0.25, -0.2) is 29.9 Å². The lowest BCUT2D eigenvalue weighted by Crippen LogP contribution is -2.21. The van der Waals surface area contributed by atoms with Gasteiger partial charge in [-0.3, -0.25) is 18.4 Å². The van der Waals surface area contributed by atoms with Crippen LogP contribution in [0, 0.1) is 6.92 Å². The molecule has 10 rings (SSSR count). The van der Waals surface area contributed by atoms with Gasteiger partial charge in [-0.1, -0.05) is 12.1 Å². The van der Waals surface area contributed by atoms with Gasteiger partial charge in [0.1, 0.15) is 22.7 Å². The van der Waals surface area contributed by atoms with Gasteiger partial charge >= 0.3 is 0 Å². The molecule has 0 radical (unpaired) electrons. The Morgan fingerprint density at radius 3 is 1.81 bits per heavy atom. The highest BCUT2D eigenvalue weighted by Crippen LogP contribution is 2.36. The van der Waals surface area contributed by atoms with Gasteiger partial charge in [-0.15, -0.1) is 22.7 Å². The Morgan fingerprint density at radius 2 is 1.24 bits per heavy atom. The summed E-state index contributed by atoms with van der Waals surface area (Å²) in [7, 11) is 4.19. The molecule has 0 fully saturated rings. The maximum atomic E-state index is 11.9. The first-order valence-electron chi connectivity index (χ1n) is 20.9. The summed E-state index contributed by atoms with van der Waals surface area (Å²) in [6.07, 6.45) is 11.5. The molecule has 0 saturated carbocycles. The maximum Gasteiger partial charge on any atom is 0.252 e. The fourth-order valence-corrected chi connectivity index (χ4v) is 9.61. The molecule has 8 aromatic heterocycles. The predicted molar refractivity (Wildman–Crippen MR) is 250 cm³/mol. The molecule has 0 spiro atoms. The van der Waals surface area contributed by atoms with Crippen LogP contribution in [0.4, 0.5) is 23.0 Å². The van der Waals surface area contributed by atoms with E-state index in [0.29, 0.717) is 52.9 Å². The molecule has 0 aromatic carbocycles. The van der Waals surface area contributed by atoms with Crippen LogP contribution in [0.2, 0.25) is 0 Å².